The first-order valence-corrected chi connectivity index (χ1v) is 5.05. The van der Waals surface area contributed by atoms with Gasteiger partial charge in [-0.3, -0.25) is 0 Å². The number of oxime groups is 1. The summed E-state index contributed by atoms with van der Waals surface area (Å²) >= 11 is 1.78. The summed E-state index contributed by atoms with van der Waals surface area (Å²) in [4.78, 5) is 4.19. The number of alkyl halides is 3. The van der Waals surface area contributed by atoms with Crippen molar-refractivity contribution in [3.05, 3.63) is 0 Å². The summed E-state index contributed by atoms with van der Waals surface area (Å²) in [7, 11) is 0. The molecule has 0 amide bonds. The molecule has 0 saturated carbocycles. The van der Waals surface area contributed by atoms with Gasteiger partial charge in [0.05, 0.1) is 5.71 Å². The van der Waals surface area contributed by atoms with Gasteiger partial charge < -0.3 is 4.84 Å². The molecule has 1 aliphatic heterocycles. The van der Waals surface area contributed by atoms with Crippen LogP contribution in [0.2, 0.25) is 0 Å². The molecular weight excluding hydrogens is 203 g/mol. The highest BCUT2D eigenvalue weighted by Gasteiger charge is 2.28. The van der Waals surface area contributed by atoms with Crippen LogP contribution in [0.4, 0.5) is 13.2 Å². The van der Waals surface area contributed by atoms with Crippen molar-refractivity contribution in [3.63, 3.8) is 0 Å². The predicted molar refractivity (Wildman–Crippen MR) is 46.0 cm³/mol. The van der Waals surface area contributed by atoms with Crippen LogP contribution in [0.3, 0.4) is 0 Å². The third kappa shape index (κ3) is 5.02. The summed E-state index contributed by atoms with van der Waals surface area (Å²) in [5, 5.41) is 3.45. The summed E-state index contributed by atoms with van der Waals surface area (Å²) in [5.74, 6) is 1.85. The molecule has 0 radical (unpaired) electrons. The van der Waals surface area contributed by atoms with Crippen molar-refractivity contribution in [3.8, 4) is 0 Å². The van der Waals surface area contributed by atoms with Gasteiger partial charge in [-0.25, -0.2) is 0 Å². The smallest absolute Gasteiger partial charge is 0.386 e. The van der Waals surface area contributed by atoms with Gasteiger partial charge in [0.1, 0.15) is 0 Å². The molecule has 0 bridgehead atoms. The lowest BCUT2D eigenvalue weighted by Gasteiger charge is -2.11. The molecule has 0 N–H and O–H groups in total. The highest BCUT2D eigenvalue weighted by atomic mass is 32.2. The monoisotopic (exact) mass is 213 g/mol. The molecule has 0 spiro atoms. The van der Waals surface area contributed by atoms with E-state index in [1.165, 1.54) is 0 Å². The first kappa shape index (κ1) is 10.7. The Morgan fingerprint density at radius 1 is 1.31 bits per heavy atom. The average Bonchev–Trinajstić information content (AvgIpc) is 2.04. The third-order valence-electron chi connectivity index (χ3n) is 1.49. The summed E-state index contributed by atoms with van der Waals surface area (Å²) in [6.45, 7) is -1.29. The third-order valence-corrected chi connectivity index (χ3v) is 2.48. The van der Waals surface area contributed by atoms with Crippen molar-refractivity contribution in [2.24, 2.45) is 5.16 Å². The van der Waals surface area contributed by atoms with Crippen LogP contribution in [0.1, 0.15) is 12.8 Å². The Labute approximate surface area is 78.5 Å². The Kier molecular flexibility index (Phi) is 3.90. The normalized spacial score (nSPS) is 18.5. The lowest BCUT2D eigenvalue weighted by Crippen LogP contribution is -2.16. The molecule has 1 aliphatic rings. The van der Waals surface area contributed by atoms with Crippen molar-refractivity contribution in [1.82, 2.24) is 0 Å². The van der Waals surface area contributed by atoms with Gasteiger partial charge in [0, 0.05) is 0 Å². The van der Waals surface area contributed by atoms with E-state index in [-0.39, 0.29) is 0 Å². The Hall–Kier alpha value is -0.390. The average molecular weight is 213 g/mol. The second kappa shape index (κ2) is 4.74. The zero-order valence-electron chi connectivity index (χ0n) is 6.93. The maximum Gasteiger partial charge on any atom is 0.425 e. The largest absolute Gasteiger partial charge is 0.425 e. The molecule has 1 fully saturated rings. The van der Waals surface area contributed by atoms with Gasteiger partial charge in [-0.1, -0.05) is 5.16 Å². The van der Waals surface area contributed by atoms with E-state index in [0.717, 1.165) is 30.1 Å². The minimum absolute atomic E-state index is 0.739. The molecule has 6 heteroatoms. The van der Waals surface area contributed by atoms with Crippen LogP contribution in [-0.2, 0) is 4.84 Å². The summed E-state index contributed by atoms with van der Waals surface area (Å²) in [6.07, 6.45) is -2.81. The minimum atomic E-state index is -4.28. The Balaban J connectivity index is 2.22. The van der Waals surface area contributed by atoms with Crippen molar-refractivity contribution in [2.75, 3.05) is 18.1 Å². The fourth-order valence-electron chi connectivity index (χ4n) is 0.895. The standard InChI is InChI=1S/C7H10F3NOS/c8-7(9,10)5-12-11-6-1-3-13-4-2-6/h1-5H2. The van der Waals surface area contributed by atoms with Crippen molar-refractivity contribution < 1.29 is 18.0 Å². The molecule has 0 unspecified atom stereocenters. The molecule has 0 aromatic carbocycles. The van der Waals surface area contributed by atoms with Crippen LogP contribution in [-0.4, -0.2) is 30.0 Å². The second-order valence-electron chi connectivity index (χ2n) is 2.66. The van der Waals surface area contributed by atoms with E-state index in [0.29, 0.717) is 0 Å². The van der Waals surface area contributed by atoms with Gasteiger partial charge in [-0.05, 0) is 24.3 Å². The Morgan fingerprint density at radius 3 is 2.46 bits per heavy atom. The highest BCUT2D eigenvalue weighted by molar-refractivity contribution is 7.99. The molecule has 1 rings (SSSR count). The predicted octanol–water partition coefficient (Wildman–Crippen LogP) is 2.45. The van der Waals surface area contributed by atoms with Crippen LogP contribution >= 0.6 is 11.8 Å². The van der Waals surface area contributed by atoms with E-state index in [2.05, 4.69) is 9.99 Å². The second-order valence-corrected chi connectivity index (χ2v) is 3.88. The molecular formula is C7H10F3NOS. The Morgan fingerprint density at radius 2 is 1.92 bits per heavy atom. The van der Waals surface area contributed by atoms with Crippen molar-refractivity contribution >= 4 is 17.5 Å². The van der Waals surface area contributed by atoms with Crippen molar-refractivity contribution in [1.29, 1.82) is 0 Å². The summed E-state index contributed by atoms with van der Waals surface area (Å²) in [6, 6.07) is 0. The van der Waals surface area contributed by atoms with Crippen LogP contribution in [0.25, 0.3) is 0 Å². The molecule has 1 heterocycles. The lowest BCUT2D eigenvalue weighted by atomic mass is 10.2. The summed E-state index contributed by atoms with van der Waals surface area (Å²) < 4.78 is 34.8. The fraction of sp³-hybridized carbons (Fsp3) is 0.857. The van der Waals surface area contributed by atoms with Crippen LogP contribution < -0.4 is 0 Å². The number of nitrogens with zero attached hydrogens (tertiary/aromatic N) is 1. The van der Waals surface area contributed by atoms with Gasteiger partial charge in [0.15, 0.2) is 0 Å². The van der Waals surface area contributed by atoms with Gasteiger partial charge in [-0.2, -0.15) is 24.9 Å². The minimum Gasteiger partial charge on any atom is -0.386 e. The Bertz CT molecular complexity index is 185. The molecule has 0 aromatic rings. The SMILES string of the molecule is FC(F)(F)CON=C1CCSCC1. The van der Waals surface area contributed by atoms with Gasteiger partial charge >= 0.3 is 6.18 Å². The molecule has 2 nitrogen and oxygen atoms in total. The zero-order chi connectivity index (χ0) is 9.73. The summed E-state index contributed by atoms with van der Waals surface area (Å²) in [5.41, 5.74) is 0.739. The molecule has 76 valence electrons. The molecule has 13 heavy (non-hydrogen) atoms. The maximum atomic E-state index is 11.6. The molecule has 0 aromatic heterocycles. The highest BCUT2D eigenvalue weighted by Crippen LogP contribution is 2.17. The number of thioether (sulfide) groups is 1. The van der Waals surface area contributed by atoms with Gasteiger partial charge in [0.25, 0.3) is 0 Å². The molecule has 0 atom stereocenters. The van der Waals surface area contributed by atoms with E-state index in [4.69, 9.17) is 0 Å². The van der Waals surface area contributed by atoms with E-state index < -0.39 is 12.8 Å². The number of rotatable bonds is 2. The molecule has 0 aliphatic carbocycles. The number of hydrogen-bond donors (Lipinski definition) is 0. The number of hydrogen-bond acceptors (Lipinski definition) is 3. The first-order chi connectivity index (χ1) is 6.08. The zero-order valence-corrected chi connectivity index (χ0v) is 7.75. The lowest BCUT2D eigenvalue weighted by molar-refractivity contribution is -0.173. The quantitative estimate of drug-likeness (QED) is 0.657. The van der Waals surface area contributed by atoms with Crippen molar-refractivity contribution in [2.45, 2.75) is 19.0 Å². The van der Waals surface area contributed by atoms with E-state index in [9.17, 15) is 13.2 Å². The topological polar surface area (TPSA) is 21.6 Å². The van der Waals surface area contributed by atoms with Gasteiger partial charge in [0.2, 0.25) is 6.61 Å². The van der Waals surface area contributed by atoms with Crippen LogP contribution in [0, 0.1) is 0 Å². The van der Waals surface area contributed by atoms with E-state index in [1.54, 1.807) is 11.8 Å². The fourth-order valence-corrected chi connectivity index (χ4v) is 1.86. The number of halogens is 3. The first-order valence-electron chi connectivity index (χ1n) is 3.90. The van der Waals surface area contributed by atoms with Crippen LogP contribution in [0.5, 0.6) is 0 Å². The molecule has 1 saturated heterocycles. The van der Waals surface area contributed by atoms with Gasteiger partial charge in [-0.15, -0.1) is 0 Å². The van der Waals surface area contributed by atoms with E-state index >= 15 is 0 Å². The van der Waals surface area contributed by atoms with E-state index in [1.807, 2.05) is 0 Å². The van der Waals surface area contributed by atoms with Crippen LogP contribution in [0.15, 0.2) is 5.16 Å². The maximum absolute atomic E-state index is 11.6.